The molecule has 1 aromatic rings. The molecule has 7 heteroatoms. The van der Waals surface area contributed by atoms with E-state index < -0.39 is 23.8 Å². The number of furan rings is 1. The molecule has 0 aliphatic rings. The van der Waals surface area contributed by atoms with E-state index >= 15 is 0 Å². The molecule has 0 spiro atoms. The fraction of sp³-hybridized carbons (Fsp3) is 0.462. The summed E-state index contributed by atoms with van der Waals surface area (Å²) in [6.07, 6.45) is 1.99. The van der Waals surface area contributed by atoms with Crippen molar-refractivity contribution in [3.05, 3.63) is 24.2 Å². The van der Waals surface area contributed by atoms with Crippen LogP contribution in [0.2, 0.25) is 0 Å². The van der Waals surface area contributed by atoms with E-state index in [9.17, 15) is 14.4 Å². The molecule has 0 radical (unpaired) electrons. The largest absolute Gasteiger partial charge is 0.480 e. The molecule has 0 fully saturated rings. The zero-order chi connectivity index (χ0) is 15.1. The number of nitrogens with one attached hydrogen (secondary N) is 1. The van der Waals surface area contributed by atoms with Crippen molar-refractivity contribution < 1.29 is 23.9 Å². The van der Waals surface area contributed by atoms with E-state index in [-0.39, 0.29) is 12.3 Å². The number of aliphatic carboxylic acids is 1. The lowest BCUT2D eigenvalue weighted by Gasteiger charge is -2.24. The predicted molar refractivity (Wildman–Crippen MR) is 70.1 cm³/mol. The Kier molecular flexibility index (Phi) is 5.76. The molecule has 2 amide bonds. The van der Waals surface area contributed by atoms with E-state index in [0.717, 1.165) is 0 Å². The Hall–Kier alpha value is -2.31. The molecule has 20 heavy (non-hydrogen) atoms. The van der Waals surface area contributed by atoms with E-state index in [1.54, 1.807) is 6.07 Å². The SMILES string of the molecule is CCCN(CC(=O)O)C(=O)C(C)NC(=O)c1ccco1. The maximum atomic E-state index is 12.1. The number of carboxylic acids is 1. The first-order chi connectivity index (χ1) is 9.45. The van der Waals surface area contributed by atoms with Gasteiger partial charge in [-0.3, -0.25) is 14.4 Å². The molecule has 0 aliphatic heterocycles. The van der Waals surface area contributed by atoms with E-state index in [2.05, 4.69) is 5.32 Å². The topological polar surface area (TPSA) is 99.9 Å². The summed E-state index contributed by atoms with van der Waals surface area (Å²) in [6.45, 7) is 3.29. The molecule has 0 aliphatic carbocycles. The molecular formula is C13H18N2O5. The highest BCUT2D eigenvalue weighted by Gasteiger charge is 2.24. The maximum Gasteiger partial charge on any atom is 0.323 e. The normalized spacial score (nSPS) is 11.7. The molecule has 1 unspecified atom stereocenters. The first kappa shape index (κ1) is 15.7. The Morgan fingerprint density at radius 2 is 2.15 bits per heavy atom. The van der Waals surface area contributed by atoms with Crippen LogP contribution in [0, 0.1) is 0 Å². The van der Waals surface area contributed by atoms with Gasteiger partial charge in [-0.15, -0.1) is 0 Å². The number of carbonyl (C=O) groups excluding carboxylic acids is 2. The second-order valence-corrected chi connectivity index (χ2v) is 4.33. The monoisotopic (exact) mass is 282 g/mol. The zero-order valence-electron chi connectivity index (χ0n) is 11.5. The second-order valence-electron chi connectivity index (χ2n) is 4.33. The average molecular weight is 282 g/mol. The van der Waals surface area contributed by atoms with Crippen molar-refractivity contribution in [3.63, 3.8) is 0 Å². The molecule has 0 aromatic carbocycles. The van der Waals surface area contributed by atoms with Crippen molar-refractivity contribution in [2.24, 2.45) is 0 Å². The standard InChI is InChI=1S/C13H18N2O5/c1-3-6-15(8-11(16)17)13(19)9(2)14-12(18)10-5-4-7-20-10/h4-5,7,9H,3,6,8H2,1-2H3,(H,14,18)(H,16,17). The summed E-state index contributed by atoms with van der Waals surface area (Å²) in [5, 5.41) is 11.3. The minimum absolute atomic E-state index is 0.102. The van der Waals surface area contributed by atoms with Crippen molar-refractivity contribution in [3.8, 4) is 0 Å². The molecular weight excluding hydrogens is 264 g/mol. The smallest absolute Gasteiger partial charge is 0.323 e. The van der Waals surface area contributed by atoms with E-state index in [1.165, 1.54) is 24.2 Å². The van der Waals surface area contributed by atoms with Gasteiger partial charge in [-0.1, -0.05) is 6.92 Å². The molecule has 7 nitrogen and oxygen atoms in total. The first-order valence-electron chi connectivity index (χ1n) is 6.30. The highest BCUT2D eigenvalue weighted by Crippen LogP contribution is 2.02. The number of nitrogens with zero attached hydrogens (tertiary/aromatic N) is 1. The van der Waals surface area contributed by atoms with E-state index in [4.69, 9.17) is 9.52 Å². The number of hydrogen-bond donors (Lipinski definition) is 2. The summed E-state index contributed by atoms with van der Waals surface area (Å²) in [5.74, 6) is -1.93. The Morgan fingerprint density at radius 3 is 2.65 bits per heavy atom. The van der Waals surface area contributed by atoms with Crippen LogP contribution in [0.5, 0.6) is 0 Å². The highest BCUT2D eigenvalue weighted by molar-refractivity contribution is 5.95. The van der Waals surface area contributed by atoms with Crippen molar-refractivity contribution in [2.45, 2.75) is 26.3 Å². The van der Waals surface area contributed by atoms with Gasteiger partial charge in [0.05, 0.1) is 6.26 Å². The lowest BCUT2D eigenvalue weighted by Crippen LogP contribution is -2.48. The van der Waals surface area contributed by atoms with Crippen LogP contribution in [-0.2, 0) is 9.59 Å². The van der Waals surface area contributed by atoms with Gasteiger partial charge >= 0.3 is 5.97 Å². The first-order valence-corrected chi connectivity index (χ1v) is 6.30. The minimum atomic E-state index is -1.09. The Bertz CT molecular complexity index is 469. The summed E-state index contributed by atoms with van der Waals surface area (Å²) in [4.78, 5) is 35.8. The summed E-state index contributed by atoms with van der Waals surface area (Å²) < 4.78 is 4.92. The van der Waals surface area contributed by atoms with Crippen LogP contribution < -0.4 is 5.32 Å². The molecule has 1 heterocycles. The molecule has 1 atom stereocenters. The summed E-state index contributed by atoms with van der Waals surface area (Å²) in [7, 11) is 0. The minimum Gasteiger partial charge on any atom is -0.480 e. The Balaban J connectivity index is 2.64. The molecule has 0 bridgehead atoms. The number of amides is 2. The van der Waals surface area contributed by atoms with Crippen LogP contribution in [0.3, 0.4) is 0 Å². The highest BCUT2D eigenvalue weighted by atomic mass is 16.4. The van der Waals surface area contributed by atoms with Crippen molar-refractivity contribution >= 4 is 17.8 Å². The van der Waals surface area contributed by atoms with Crippen molar-refractivity contribution in [1.82, 2.24) is 10.2 Å². The van der Waals surface area contributed by atoms with Crippen LogP contribution in [-0.4, -0.2) is 46.9 Å². The quantitative estimate of drug-likeness (QED) is 0.767. The average Bonchev–Trinajstić information content (AvgIpc) is 2.90. The van der Waals surface area contributed by atoms with Gasteiger partial charge in [0, 0.05) is 6.54 Å². The zero-order valence-corrected chi connectivity index (χ0v) is 11.5. The lowest BCUT2D eigenvalue weighted by molar-refractivity contribution is -0.145. The van der Waals surface area contributed by atoms with Crippen LogP contribution >= 0.6 is 0 Å². The van der Waals surface area contributed by atoms with Gasteiger partial charge in [-0.05, 0) is 25.5 Å². The Morgan fingerprint density at radius 1 is 1.45 bits per heavy atom. The van der Waals surface area contributed by atoms with Crippen LogP contribution in [0.15, 0.2) is 22.8 Å². The maximum absolute atomic E-state index is 12.1. The van der Waals surface area contributed by atoms with Gasteiger partial charge in [0.15, 0.2) is 5.76 Å². The number of rotatable bonds is 7. The van der Waals surface area contributed by atoms with Crippen LogP contribution in [0.4, 0.5) is 0 Å². The summed E-state index contributed by atoms with van der Waals surface area (Å²) in [5.41, 5.74) is 0. The fourth-order valence-corrected chi connectivity index (χ4v) is 1.71. The van der Waals surface area contributed by atoms with Crippen LogP contribution in [0.1, 0.15) is 30.8 Å². The summed E-state index contributed by atoms with van der Waals surface area (Å²) >= 11 is 0. The number of carboxylic acid groups (broad SMARTS) is 1. The van der Waals surface area contributed by atoms with Gasteiger partial charge in [-0.25, -0.2) is 0 Å². The third-order valence-electron chi connectivity index (χ3n) is 2.59. The van der Waals surface area contributed by atoms with Crippen molar-refractivity contribution in [1.29, 1.82) is 0 Å². The third-order valence-corrected chi connectivity index (χ3v) is 2.59. The third kappa shape index (κ3) is 4.42. The predicted octanol–water partition coefficient (Wildman–Crippen LogP) is 0.721. The Labute approximate surface area is 116 Å². The number of hydrogen-bond acceptors (Lipinski definition) is 4. The van der Waals surface area contributed by atoms with Gasteiger partial charge in [0.2, 0.25) is 5.91 Å². The second kappa shape index (κ2) is 7.32. The van der Waals surface area contributed by atoms with Gasteiger partial charge in [0.25, 0.3) is 5.91 Å². The molecule has 0 saturated heterocycles. The number of carbonyl (C=O) groups is 3. The molecule has 0 saturated carbocycles. The van der Waals surface area contributed by atoms with E-state index in [0.29, 0.717) is 13.0 Å². The molecule has 110 valence electrons. The van der Waals surface area contributed by atoms with Crippen LogP contribution in [0.25, 0.3) is 0 Å². The lowest BCUT2D eigenvalue weighted by atomic mass is 10.2. The molecule has 1 aromatic heterocycles. The van der Waals surface area contributed by atoms with E-state index in [1.807, 2.05) is 6.92 Å². The fourth-order valence-electron chi connectivity index (χ4n) is 1.71. The van der Waals surface area contributed by atoms with Gasteiger partial charge in [-0.2, -0.15) is 0 Å². The van der Waals surface area contributed by atoms with Gasteiger partial charge < -0.3 is 19.7 Å². The van der Waals surface area contributed by atoms with Crippen molar-refractivity contribution in [2.75, 3.05) is 13.1 Å². The summed E-state index contributed by atoms with van der Waals surface area (Å²) in [6, 6.07) is 2.22. The molecule has 1 rings (SSSR count). The molecule has 2 N–H and O–H groups in total. The van der Waals surface area contributed by atoms with Gasteiger partial charge in [0.1, 0.15) is 12.6 Å².